The quantitative estimate of drug-likeness (QED) is 0.925. The van der Waals surface area contributed by atoms with E-state index in [9.17, 15) is 8.42 Å². The van der Waals surface area contributed by atoms with Gasteiger partial charge in [0, 0.05) is 25.2 Å². The molecule has 0 aliphatic carbocycles. The molecule has 2 aliphatic rings. The van der Waals surface area contributed by atoms with Gasteiger partial charge < -0.3 is 5.32 Å². The molecule has 2 bridgehead atoms. The van der Waals surface area contributed by atoms with Crippen molar-refractivity contribution in [2.45, 2.75) is 55.6 Å². The van der Waals surface area contributed by atoms with Gasteiger partial charge in [0.05, 0.1) is 4.90 Å². The highest BCUT2D eigenvalue weighted by Crippen LogP contribution is 2.31. The van der Waals surface area contributed by atoms with Crippen LogP contribution in [0.2, 0.25) is 0 Å². The zero-order valence-electron chi connectivity index (χ0n) is 12.5. The second-order valence-corrected chi connectivity index (χ2v) is 8.10. The molecule has 2 aliphatic heterocycles. The Bertz CT molecular complexity index is 593. The second kappa shape index (κ2) is 6.24. The fourth-order valence-corrected chi connectivity index (χ4v) is 4.94. The zero-order chi connectivity index (χ0) is 14.3. The average molecular weight is 331 g/mol. The van der Waals surface area contributed by atoms with E-state index in [2.05, 4.69) is 5.32 Å². The Hall–Kier alpha value is -0.620. The summed E-state index contributed by atoms with van der Waals surface area (Å²) in [5.74, 6) is 0. The van der Waals surface area contributed by atoms with Crippen LogP contribution < -0.4 is 5.32 Å². The highest BCUT2D eigenvalue weighted by molar-refractivity contribution is 7.89. The van der Waals surface area contributed by atoms with Crippen LogP contribution in [-0.2, 0) is 10.0 Å². The maximum atomic E-state index is 12.7. The number of rotatable bonds is 3. The SMILES string of the molecule is Cc1cccc(S(=O)(=O)N(C)C2CC3CCC(C2)N3)c1.Cl. The van der Waals surface area contributed by atoms with Crippen LogP contribution in [0.5, 0.6) is 0 Å². The standard InChI is InChI=1S/C15H22N2O2S.ClH/c1-11-4-3-5-15(8-11)20(18,19)17(2)14-9-12-6-7-13(10-14)16-12;/h3-5,8,12-14,16H,6-7,9-10H2,1-2H3;1H. The van der Waals surface area contributed by atoms with E-state index in [-0.39, 0.29) is 18.4 Å². The normalized spacial score (nSPS) is 28.4. The Morgan fingerprint density at radius 3 is 2.38 bits per heavy atom. The molecule has 0 amide bonds. The minimum absolute atomic E-state index is 0. The minimum atomic E-state index is -3.37. The van der Waals surface area contributed by atoms with Crippen LogP contribution in [0.25, 0.3) is 0 Å². The third-order valence-electron chi connectivity index (χ3n) is 4.63. The lowest BCUT2D eigenvalue weighted by molar-refractivity contribution is 0.251. The number of hydrogen-bond donors (Lipinski definition) is 1. The van der Waals surface area contributed by atoms with E-state index in [4.69, 9.17) is 0 Å². The average Bonchev–Trinajstić information content (AvgIpc) is 2.76. The first-order valence-corrected chi connectivity index (χ1v) is 8.71. The fraction of sp³-hybridized carbons (Fsp3) is 0.600. The molecule has 4 nitrogen and oxygen atoms in total. The van der Waals surface area contributed by atoms with E-state index in [1.165, 1.54) is 12.8 Å². The van der Waals surface area contributed by atoms with Crippen LogP contribution in [0.4, 0.5) is 0 Å². The summed E-state index contributed by atoms with van der Waals surface area (Å²) in [6.45, 7) is 1.92. The molecule has 3 rings (SSSR count). The van der Waals surface area contributed by atoms with Crippen molar-refractivity contribution in [1.29, 1.82) is 0 Å². The summed E-state index contributed by atoms with van der Waals surface area (Å²) in [6, 6.07) is 8.28. The molecule has 1 aromatic carbocycles. The minimum Gasteiger partial charge on any atom is -0.311 e. The van der Waals surface area contributed by atoms with Gasteiger partial charge in [0.15, 0.2) is 0 Å². The lowest BCUT2D eigenvalue weighted by atomic mass is 10.0. The molecule has 0 aromatic heterocycles. The molecule has 1 aromatic rings. The van der Waals surface area contributed by atoms with E-state index in [1.54, 1.807) is 23.5 Å². The topological polar surface area (TPSA) is 49.4 Å². The molecule has 21 heavy (non-hydrogen) atoms. The first kappa shape index (κ1) is 16.7. The summed E-state index contributed by atoms with van der Waals surface area (Å²) in [5, 5.41) is 3.55. The number of sulfonamides is 1. The second-order valence-electron chi connectivity index (χ2n) is 6.10. The molecule has 1 N–H and O–H groups in total. The zero-order valence-corrected chi connectivity index (χ0v) is 14.1. The van der Waals surface area contributed by atoms with Crippen molar-refractivity contribution in [3.63, 3.8) is 0 Å². The highest BCUT2D eigenvalue weighted by Gasteiger charge is 2.38. The molecule has 0 radical (unpaired) electrons. The number of hydrogen-bond acceptors (Lipinski definition) is 3. The number of fused-ring (bicyclic) bond motifs is 2. The summed E-state index contributed by atoms with van der Waals surface area (Å²) in [4.78, 5) is 0.408. The van der Waals surface area contributed by atoms with Crippen molar-refractivity contribution in [2.75, 3.05) is 7.05 Å². The molecule has 6 heteroatoms. The van der Waals surface area contributed by atoms with Gasteiger partial charge in [-0.25, -0.2) is 8.42 Å². The lowest BCUT2D eigenvalue weighted by Gasteiger charge is -2.34. The summed E-state index contributed by atoms with van der Waals surface area (Å²) in [6.07, 6.45) is 4.22. The van der Waals surface area contributed by atoms with E-state index < -0.39 is 10.0 Å². The molecule has 0 spiro atoms. The van der Waals surface area contributed by atoms with Crippen molar-refractivity contribution >= 4 is 22.4 Å². The van der Waals surface area contributed by atoms with Gasteiger partial charge in [-0.3, -0.25) is 0 Å². The predicted octanol–water partition coefficient (Wildman–Crippen LogP) is 2.32. The van der Waals surface area contributed by atoms with Crippen molar-refractivity contribution in [1.82, 2.24) is 9.62 Å². The molecule has 2 fully saturated rings. The summed E-state index contributed by atoms with van der Waals surface area (Å²) >= 11 is 0. The van der Waals surface area contributed by atoms with Gasteiger partial charge in [0.2, 0.25) is 10.0 Å². The first-order chi connectivity index (χ1) is 9.46. The van der Waals surface area contributed by atoms with Gasteiger partial charge >= 0.3 is 0 Å². The number of piperidine rings is 1. The Kier molecular flexibility index (Phi) is 4.98. The van der Waals surface area contributed by atoms with Crippen molar-refractivity contribution in [3.05, 3.63) is 29.8 Å². The van der Waals surface area contributed by atoms with E-state index in [1.807, 2.05) is 19.1 Å². The van der Waals surface area contributed by atoms with Crippen LogP contribution in [-0.4, -0.2) is 37.9 Å². The van der Waals surface area contributed by atoms with Gasteiger partial charge in [0.25, 0.3) is 0 Å². The first-order valence-electron chi connectivity index (χ1n) is 7.27. The van der Waals surface area contributed by atoms with Gasteiger partial charge in [-0.2, -0.15) is 4.31 Å². The van der Waals surface area contributed by atoms with E-state index in [0.717, 1.165) is 18.4 Å². The Morgan fingerprint density at radius 1 is 1.19 bits per heavy atom. The molecule has 2 atom stereocenters. The molecule has 0 saturated carbocycles. The lowest BCUT2D eigenvalue weighted by Crippen LogP contribution is -2.48. The number of benzene rings is 1. The molecular formula is C15H23ClN2O2S. The van der Waals surface area contributed by atoms with Gasteiger partial charge in [0.1, 0.15) is 0 Å². The van der Waals surface area contributed by atoms with Gasteiger partial charge in [-0.1, -0.05) is 12.1 Å². The van der Waals surface area contributed by atoms with Crippen LogP contribution in [0, 0.1) is 6.92 Å². The van der Waals surface area contributed by atoms with Crippen molar-refractivity contribution in [3.8, 4) is 0 Å². The smallest absolute Gasteiger partial charge is 0.243 e. The maximum Gasteiger partial charge on any atom is 0.243 e. The maximum absolute atomic E-state index is 12.7. The van der Waals surface area contributed by atoms with Crippen LogP contribution >= 0.6 is 12.4 Å². The van der Waals surface area contributed by atoms with E-state index in [0.29, 0.717) is 17.0 Å². The number of halogens is 1. The van der Waals surface area contributed by atoms with Crippen molar-refractivity contribution < 1.29 is 8.42 Å². The highest BCUT2D eigenvalue weighted by atomic mass is 35.5. The molecule has 118 valence electrons. The van der Waals surface area contributed by atoms with Crippen LogP contribution in [0.3, 0.4) is 0 Å². The largest absolute Gasteiger partial charge is 0.311 e. The van der Waals surface area contributed by atoms with Crippen LogP contribution in [0.15, 0.2) is 29.2 Å². The van der Waals surface area contributed by atoms with Crippen molar-refractivity contribution in [2.24, 2.45) is 0 Å². The Balaban J connectivity index is 0.00000161. The third kappa shape index (κ3) is 3.26. The monoisotopic (exact) mass is 330 g/mol. The van der Waals surface area contributed by atoms with E-state index >= 15 is 0 Å². The summed E-state index contributed by atoms with van der Waals surface area (Å²) in [5.41, 5.74) is 0.977. The molecule has 2 heterocycles. The third-order valence-corrected chi connectivity index (χ3v) is 6.53. The Morgan fingerprint density at radius 2 is 1.81 bits per heavy atom. The van der Waals surface area contributed by atoms with Crippen LogP contribution in [0.1, 0.15) is 31.2 Å². The molecular weight excluding hydrogens is 308 g/mol. The van der Waals surface area contributed by atoms with Gasteiger partial charge in [-0.15, -0.1) is 12.4 Å². The number of aryl methyl sites for hydroxylation is 1. The number of nitrogens with one attached hydrogen (secondary N) is 1. The predicted molar refractivity (Wildman–Crippen MR) is 86.3 cm³/mol. The molecule has 2 saturated heterocycles. The van der Waals surface area contributed by atoms with Gasteiger partial charge in [-0.05, 0) is 50.3 Å². The fourth-order valence-electron chi connectivity index (χ4n) is 3.46. The number of nitrogens with zero attached hydrogens (tertiary/aromatic N) is 1. The molecule has 2 unspecified atom stereocenters. The Labute approximate surface area is 133 Å². The summed E-state index contributed by atoms with van der Waals surface area (Å²) < 4.78 is 27.0. The summed E-state index contributed by atoms with van der Waals surface area (Å²) in [7, 11) is -1.65.